The minimum Gasteiger partial charge on any atom is -0.435 e. The molecular formula is C13H8Cl2F2N2O2. The first-order valence-electron chi connectivity index (χ1n) is 5.62. The van der Waals surface area contributed by atoms with Crippen LogP contribution < -0.4 is 10.1 Å². The van der Waals surface area contributed by atoms with Crippen molar-refractivity contribution in [2.45, 2.75) is 6.61 Å². The topological polar surface area (TPSA) is 51.2 Å². The molecule has 0 unspecified atom stereocenters. The number of carbonyl (C=O) groups excluding carboxylic acids is 1. The number of carbonyl (C=O) groups is 1. The quantitative estimate of drug-likeness (QED) is 0.910. The number of pyridine rings is 1. The molecule has 0 aliphatic heterocycles. The van der Waals surface area contributed by atoms with E-state index in [4.69, 9.17) is 23.2 Å². The Kier molecular flexibility index (Phi) is 4.93. The maximum atomic E-state index is 12.0. The van der Waals surface area contributed by atoms with E-state index in [1.54, 1.807) is 0 Å². The third-order valence-corrected chi connectivity index (χ3v) is 3.01. The molecule has 1 amide bonds. The highest BCUT2D eigenvalue weighted by Crippen LogP contribution is 2.29. The second-order valence-corrected chi connectivity index (χ2v) is 4.65. The molecule has 1 aromatic heterocycles. The van der Waals surface area contributed by atoms with Crippen molar-refractivity contribution < 1.29 is 18.3 Å². The van der Waals surface area contributed by atoms with Gasteiger partial charge in [-0.15, -0.1) is 0 Å². The Hall–Kier alpha value is -1.92. The molecule has 0 saturated carbocycles. The molecule has 4 nitrogen and oxygen atoms in total. The number of ether oxygens (including phenoxy) is 1. The normalized spacial score (nSPS) is 10.5. The summed E-state index contributed by atoms with van der Waals surface area (Å²) >= 11 is 11.8. The highest BCUT2D eigenvalue weighted by Gasteiger charge is 2.12. The number of nitrogens with zero attached hydrogens (tertiary/aromatic N) is 1. The van der Waals surface area contributed by atoms with Crippen LogP contribution in [0.15, 0.2) is 36.7 Å². The van der Waals surface area contributed by atoms with Gasteiger partial charge in [0, 0.05) is 18.0 Å². The number of alkyl halides is 2. The lowest BCUT2D eigenvalue weighted by atomic mass is 10.2. The van der Waals surface area contributed by atoms with Crippen molar-refractivity contribution in [2.24, 2.45) is 0 Å². The summed E-state index contributed by atoms with van der Waals surface area (Å²) in [5.74, 6) is -0.532. The number of halogens is 4. The maximum Gasteiger partial charge on any atom is 0.387 e. The zero-order valence-corrected chi connectivity index (χ0v) is 11.8. The molecule has 2 rings (SSSR count). The van der Waals surface area contributed by atoms with Gasteiger partial charge in [-0.25, -0.2) is 0 Å². The third kappa shape index (κ3) is 4.03. The lowest BCUT2D eigenvalue weighted by molar-refractivity contribution is -0.0498. The van der Waals surface area contributed by atoms with E-state index >= 15 is 0 Å². The van der Waals surface area contributed by atoms with Crippen LogP contribution >= 0.6 is 23.2 Å². The average Bonchev–Trinajstić information content (AvgIpc) is 2.43. The molecule has 0 radical (unpaired) electrons. The van der Waals surface area contributed by atoms with Gasteiger partial charge in [-0.05, 0) is 24.3 Å². The molecule has 0 fully saturated rings. The molecule has 0 atom stereocenters. The van der Waals surface area contributed by atoms with E-state index < -0.39 is 12.5 Å². The van der Waals surface area contributed by atoms with E-state index in [0.29, 0.717) is 0 Å². The molecule has 0 aliphatic carbocycles. The van der Waals surface area contributed by atoms with Gasteiger partial charge in [0.1, 0.15) is 5.75 Å². The van der Waals surface area contributed by atoms with E-state index in [-0.39, 0.29) is 27.0 Å². The van der Waals surface area contributed by atoms with Gasteiger partial charge >= 0.3 is 6.61 Å². The monoisotopic (exact) mass is 332 g/mol. The first-order chi connectivity index (χ1) is 9.97. The molecular weight excluding hydrogens is 325 g/mol. The maximum absolute atomic E-state index is 12.0. The molecule has 2 aromatic rings. The lowest BCUT2D eigenvalue weighted by Crippen LogP contribution is -2.12. The van der Waals surface area contributed by atoms with Crippen LogP contribution in [0.4, 0.5) is 14.5 Å². The van der Waals surface area contributed by atoms with E-state index in [1.807, 2.05) is 0 Å². The molecule has 110 valence electrons. The summed E-state index contributed by atoms with van der Waals surface area (Å²) < 4.78 is 28.2. The Morgan fingerprint density at radius 1 is 1.14 bits per heavy atom. The van der Waals surface area contributed by atoms with Crippen molar-refractivity contribution in [3.63, 3.8) is 0 Å². The number of hydrogen-bond donors (Lipinski definition) is 1. The summed E-state index contributed by atoms with van der Waals surface area (Å²) in [7, 11) is 0. The van der Waals surface area contributed by atoms with E-state index in [1.165, 1.54) is 36.7 Å². The number of benzene rings is 1. The number of rotatable bonds is 4. The van der Waals surface area contributed by atoms with E-state index in [2.05, 4.69) is 15.0 Å². The largest absolute Gasteiger partial charge is 0.435 e. The van der Waals surface area contributed by atoms with Crippen LogP contribution in [0.2, 0.25) is 10.0 Å². The molecule has 0 saturated heterocycles. The minimum absolute atomic E-state index is 0.0403. The van der Waals surface area contributed by atoms with Crippen LogP contribution in [-0.2, 0) is 0 Å². The number of nitrogens with one attached hydrogen (secondary N) is 1. The molecule has 1 aromatic carbocycles. The number of amides is 1. The second kappa shape index (κ2) is 6.69. The third-order valence-electron chi connectivity index (χ3n) is 2.43. The number of aromatic nitrogens is 1. The summed E-state index contributed by atoms with van der Waals surface area (Å²) in [5, 5.41) is 2.90. The van der Waals surface area contributed by atoms with Gasteiger partial charge < -0.3 is 10.1 Å². The standard InChI is InChI=1S/C13H8Cl2F2N2O2/c14-9-5-18-6-10(15)11(9)19-12(20)7-1-3-8(4-2-7)21-13(16)17/h1-6,13H,(H,18,19,20). The predicted octanol–water partition coefficient (Wildman–Crippen LogP) is 4.24. The van der Waals surface area contributed by atoms with E-state index in [0.717, 1.165) is 0 Å². The van der Waals surface area contributed by atoms with Gasteiger partial charge in [0.25, 0.3) is 5.91 Å². The summed E-state index contributed by atoms with van der Waals surface area (Å²) in [4.78, 5) is 15.8. The van der Waals surface area contributed by atoms with Crippen LogP contribution in [0.3, 0.4) is 0 Å². The van der Waals surface area contributed by atoms with Crippen molar-refractivity contribution in [1.82, 2.24) is 4.98 Å². The number of hydrogen-bond acceptors (Lipinski definition) is 3. The second-order valence-electron chi connectivity index (χ2n) is 3.84. The molecule has 0 spiro atoms. The van der Waals surface area contributed by atoms with Crippen molar-refractivity contribution in [2.75, 3.05) is 5.32 Å². The molecule has 8 heteroatoms. The molecule has 21 heavy (non-hydrogen) atoms. The summed E-state index contributed by atoms with van der Waals surface area (Å²) in [6.45, 7) is -2.92. The zero-order chi connectivity index (χ0) is 15.4. The molecule has 1 heterocycles. The Morgan fingerprint density at radius 3 is 2.24 bits per heavy atom. The Balaban J connectivity index is 2.13. The van der Waals surface area contributed by atoms with Gasteiger partial charge in [-0.3, -0.25) is 9.78 Å². The Morgan fingerprint density at radius 2 is 1.71 bits per heavy atom. The minimum atomic E-state index is -2.92. The van der Waals surface area contributed by atoms with Crippen molar-refractivity contribution in [1.29, 1.82) is 0 Å². The van der Waals surface area contributed by atoms with E-state index in [9.17, 15) is 13.6 Å². The fourth-order valence-corrected chi connectivity index (χ4v) is 1.96. The lowest BCUT2D eigenvalue weighted by Gasteiger charge is -2.09. The zero-order valence-electron chi connectivity index (χ0n) is 10.3. The van der Waals surface area contributed by atoms with Crippen LogP contribution in [0, 0.1) is 0 Å². The molecule has 0 aliphatic rings. The van der Waals surface area contributed by atoms with Gasteiger partial charge in [0.15, 0.2) is 0 Å². The first-order valence-corrected chi connectivity index (χ1v) is 6.38. The molecule has 1 N–H and O–H groups in total. The SMILES string of the molecule is O=C(Nc1c(Cl)cncc1Cl)c1ccc(OC(F)F)cc1. The van der Waals surface area contributed by atoms with Crippen molar-refractivity contribution in [3.05, 3.63) is 52.3 Å². The van der Waals surface area contributed by atoms with Crippen molar-refractivity contribution >= 4 is 34.8 Å². The smallest absolute Gasteiger partial charge is 0.387 e. The Bertz CT molecular complexity index is 631. The highest BCUT2D eigenvalue weighted by molar-refractivity contribution is 6.39. The molecule has 0 bridgehead atoms. The highest BCUT2D eigenvalue weighted by atomic mass is 35.5. The van der Waals surface area contributed by atoms with Gasteiger partial charge in [-0.1, -0.05) is 23.2 Å². The van der Waals surface area contributed by atoms with Crippen LogP contribution in [0.25, 0.3) is 0 Å². The van der Waals surface area contributed by atoms with Gasteiger partial charge in [-0.2, -0.15) is 8.78 Å². The van der Waals surface area contributed by atoms with Crippen LogP contribution in [-0.4, -0.2) is 17.5 Å². The Labute approximate surface area is 128 Å². The first kappa shape index (κ1) is 15.5. The average molecular weight is 333 g/mol. The van der Waals surface area contributed by atoms with Gasteiger partial charge in [0.05, 0.1) is 15.7 Å². The van der Waals surface area contributed by atoms with Crippen LogP contribution in [0.5, 0.6) is 5.75 Å². The predicted molar refractivity (Wildman–Crippen MR) is 75.3 cm³/mol. The fourth-order valence-electron chi connectivity index (χ4n) is 1.50. The van der Waals surface area contributed by atoms with Crippen LogP contribution in [0.1, 0.15) is 10.4 Å². The van der Waals surface area contributed by atoms with Gasteiger partial charge in [0.2, 0.25) is 0 Å². The number of anilines is 1. The summed E-state index contributed by atoms with van der Waals surface area (Å²) in [5.41, 5.74) is 0.465. The summed E-state index contributed by atoms with van der Waals surface area (Å²) in [6, 6.07) is 5.21. The van der Waals surface area contributed by atoms with Crippen molar-refractivity contribution in [3.8, 4) is 5.75 Å². The summed E-state index contributed by atoms with van der Waals surface area (Å²) in [6.07, 6.45) is 2.67. The fraction of sp³-hybridized carbons (Fsp3) is 0.0769.